The van der Waals surface area contributed by atoms with Crippen LogP contribution in [0.2, 0.25) is 0 Å². The number of nitrogens with zero attached hydrogens (tertiary/aromatic N) is 5. The normalized spacial score (nSPS) is 12.7. The summed E-state index contributed by atoms with van der Waals surface area (Å²) in [4.78, 5) is 11.0. The molecule has 0 aliphatic carbocycles. The highest BCUT2D eigenvalue weighted by molar-refractivity contribution is 6.34. The van der Waals surface area contributed by atoms with Gasteiger partial charge in [0, 0.05) is 65.8 Å². The van der Waals surface area contributed by atoms with Gasteiger partial charge in [0.15, 0.2) is 0 Å². The highest BCUT2D eigenvalue weighted by atomic mass is 15.2. The third kappa shape index (κ3) is 6.01. The molecular formula is C69H53N5. The summed E-state index contributed by atoms with van der Waals surface area (Å²) in [5.74, 6) is 0. The molecule has 0 amide bonds. The van der Waals surface area contributed by atoms with E-state index >= 15 is 0 Å². The number of hydrogen-bond donors (Lipinski definition) is 0. The fourth-order valence-corrected chi connectivity index (χ4v) is 12.4. The third-order valence-corrected chi connectivity index (χ3v) is 15.9. The molecular weight excluding hydrogens is 899 g/mol. The van der Waals surface area contributed by atoms with Gasteiger partial charge in [0.05, 0.1) is 44.5 Å². The molecule has 0 N–H and O–H groups in total. The molecule has 5 heterocycles. The van der Waals surface area contributed by atoms with Crippen LogP contribution in [0.15, 0.2) is 212 Å². The lowest BCUT2D eigenvalue weighted by Crippen LogP contribution is -2.15. The first-order chi connectivity index (χ1) is 36.0. The maximum Gasteiger partial charge on any atom is 0.146 e. The maximum atomic E-state index is 6.10. The molecule has 0 saturated heterocycles. The first kappa shape index (κ1) is 42.7. The molecule has 0 spiro atoms. The summed E-state index contributed by atoms with van der Waals surface area (Å²) in [6, 6.07) is 78.5. The number of fused-ring (bicyclic) bond motifs is 15. The predicted octanol–water partition coefficient (Wildman–Crippen LogP) is 19.2. The van der Waals surface area contributed by atoms with Crippen molar-refractivity contribution in [3.63, 3.8) is 0 Å². The van der Waals surface area contributed by atoms with Gasteiger partial charge in [-0.1, -0.05) is 163 Å². The van der Waals surface area contributed by atoms with E-state index in [0.717, 1.165) is 67.1 Å². The van der Waals surface area contributed by atoms with Crippen LogP contribution in [0, 0.1) is 0 Å². The van der Waals surface area contributed by atoms with Crippen molar-refractivity contribution in [1.82, 2.24) is 13.8 Å². The minimum absolute atomic E-state index is 0.122. The van der Waals surface area contributed by atoms with E-state index < -0.39 is 0 Å². The van der Waals surface area contributed by atoms with Gasteiger partial charge in [-0.2, -0.15) is 0 Å². The molecule has 5 heteroatoms. The molecule has 0 aliphatic heterocycles. The van der Waals surface area contributed by atoms with Crippen LogP contribution in [0.1, 0.15) is 52.7 Å². The molecule has 15 rings (SSSR count). The molecule has 5 nitrogen and oxygen atoms in total. The van der Waals surface area contributed by atoms with Crippen molar-refractivity contribution in [3.05, 3.63) is 223 Å². The van der Waals surface area contributed by atoms with Crippen LogP contribution in [0.3, 0.4) is 0 Å². The second-order valence-corrected chi connectivity index (χ2v) is 22.4. The standard InChI is InChI=1S/C69H53N5/c1-68(2,3)44-37-53-52-35-43-24-20-22-34-51(43)65(72(48-29-15-9-16-30-48)49-31-17-10-18-32-49)66(52)74-62(53)54(38-44)55-41-58-61(70-67(55)74)57-36-42-23-19-21-33-50(42)60-56-39-45(69(4,5)6)40-59(63(56)73(58)64(57)60)71(46-25-11-7-12-26-46)47-27-13-8-14-28-47/h7-41H,1-6H3. The highest BCUT2D eigenvalue weighted by Crippen LogP contribution is 2.53. The number of para-hydroxylation sites is 4. The summed E-state index contributed by atoms with van der Waals surface area (Å²) in [7, 11) is 0. The van der Waals surface area contributed by atoms with Crippen LogP contribution in [0.4, 0.5) is 34.1 Å². The highest BCUT2D eigenvalue weighted by Gasteiger charge is 2.32. The van der Waals surface area contributed by atoms with Gasteiger partial charge in [-0.15, -0.1) is 0 Å². The van der Waals surface area contributed by atoms with Crippen LogP contribution in [0.5, 0.6) is 0 Å². The smallest absolute Gasteiger partial charge is 0.146 e. The Bertz CT molecular complexity index is 4630. The molecule has 10 aromatic carbocycles. The Morgan fingerprint density at radius 1 is 0.351 bits per heavy atom. The van der Waals surface area contributed by atoms with E-state index in [1.165, 1.54) is 76.2 Å². The lowest BCUT2D eigenvalue weighted by molar-refractivity contribution is 0.591. The van der Waals surface area contributed by atoms with Crippen LogP contribution < -0.4 is 9.80 Å². The molecule has 354 valence electrons. The topological polar surface area (TPSA) is 28.2 Å². The molecule has 0 unspecified atom stereocenters. The van der Waals surface area contributed by atoms with Crippen molar-refractivity contribution in [1.29, 1.82) is 0 Å². The Kier molecular flexibility index (Phi) is 8.83. The number of hydrogen-bond acceptors (Lipinski definition) is 3. The molecule has 0 saturated carbocycles. The Morgan fingerprint density at radius 3 is 1.39 bits per heavy atom. The predicted molar refractivity (Wildman–Crippen MR) is 315 cm³/mol. The van der Waals surface area contributed by atoms with E-state index in [1.54, 1.807) is 0 Å². The lowest BCUT2D eigenvalue weighted by Gasteiger charge is -2.29. The van der Waals surface area contributed by atoms with E-state index in [1.807, 2.05) is 0 Å². The van der Waals surface area contributed by atoms with Gasteiger partial charge < -0.3 is 14.2 Å². The fraction of sp³-hybridized carbons (Fsp3) is 0.116. The van der Waals surface area contributed by atoms with E-state index in [0.29, 0.717) is 0 Å². The summed E-state index contributed by atoms with van der Waals surface area (Å²) < 4.78 is 5.11. The molecule has 0 fully saturated rings. The maximum absolute atomic E-state index is 6.10. The zero-order valence-corrected chi connectivity index (χ0v) is 42.4. The van der Waals surface area contributed by atoms with E-state index in [-0.39, 0.29) is 10.8 Å². The molecule has 5 aromatic heterocycles. The third-order valence-electron chi connectivity index (χ3n) is 15.9. The van der Waals surface area contributed by atoms with Gasteiger partial charge in [0.1, 0.15) is 5.65 Å². The average Bonchev–Trinajstić information content (AvgIpc) is 4.18. The van der Waals surface area contributed by atoms with Crippen molar-refractivity contribution in [2.45, 2.75) is 52.4 Å². The van der Waals surface area contributed by atoms with Gasteiger partial charge in [0.2, 0.25) is 0 Å². The van der Waals surface area contributed by atoms with Crippen molar-refractivity contribution < 1.29 is 0 Å². The van der Waals surface area contributed by atoms with Crippen molar-refractivity contribution in [3.8, 4) is 0 Å². The number of pyridine rings is 1. The Labute approximate surface area is 429 Å². The van der Waals surface area contributed by atoms with Crippen LogP contribution in [-0.4, -0.2) is 13.8 Å². The Morgan fingerprint density at radius 2 is 0.811 bits per heavy atom. The number of aromatic nitrogens is 3. The monoisotopic (exact) mass is 951 g/mol. The lowest BCUT2D eigenvalue weighted by atomic mass is 9.85. The molecule has 15 aromatic rings. The number of benzene rings is 10. The number of rotatable bonds is 6. The molecule has 0 atom stereocenters. The minimum Gasteiger partial charge on any atom is -0.308 e. The number of anilines is 6. The minimum atomic E-state index is -0.130. The summed E-state index contributed by atoms with van der Waals surface area (Å²) in [5, 5.41) is 13.3. The van der Waals surface area contributed by atoms with E-state index in [9.17, 15) is 0 Å². The van der Waals surface area contributed by atoms with Gasteiger partial charge in [-0.25, -0.2) is 4.98 Å². The van der Waals surface area contributed by atoms with Crippen molar-refractivity contribution in [2.75, 3.05) is 9.80 Å². The Hall–Kier alpha value is -8.93. The molecule has 74 heavy (non-hydrogen) atoms. The van der Waals surface area contributed by atoms with Crippen LogP contribution >= 0.6 is 0 Å². The SMILES string of the molecule is CC(C)(C)c1cc(N(c2ccccc2)c2ccccc2)c2c(c1)c1c3ccccc3cc3c4nc5c(cc4n2c31)c1cc(C(C)(C)C)cc2c3cc4ccccc4c(N(c4ccccc4)c4ccccc4)c3n5c12. The zero-order chi connectivity index (χ0) is 49.8. The average molecular weight is 952 g/mol. The molecule has 0 bridgehead atoms. The summed E-state index contributed by atoms with van der Waals surface area (Å²) in [5.41, 5.74) is 16.8. The second kappa shape index (κ2) is 15.3. The van der Waals surface area contributed by atoms with Crippen LogP contribution in [-0.2, 0) is 10.8 Å². The van der Waals surface area contributed by atoms with Gasteiger partial charge in [-0.05, 0) is 129 Å². The van der Waals surface area contributed by atoms with E-state index in [4.69, 9.17) is 4.98 Å². The first-order valence-electron chi connectivity index (χ1n) is 26.0. The largest absolute Gasteiger partial charge is 0.308 e. The van der Waals surface area contributed by atoms with Crippen molar-refractivity contribution in [2.24, 2.45) is 0 Å². The molecule has 0 radical (unpaired) electrons. The quantitative estimate of drug-likeness (QED) is 0.166. The van der Waals surface area contributed by atoms with Crippen LogP contribution in [0.25, 0.3) is 98.0 Å². The fourth-order valence-electron chi connectivity index (χ4n) is 12.4. The van der Waals surface area contributed by atoms with Gasteiger partial charge in [-0.3, -0.25) is 4.40 Å². The Balaban J connectivity index is 1.17. The second-order valence-electron chi connectivity index (χ2n) is 22.4. The van der Waals surface area contributed by atoms with E-state index in [2.05, 4.69) is 272 Å². The van der Waals surface area contributed by atoms with Crippen molar-refractivity contribution >= 4 is 132 Å². The zero-order valence-electron chi connectivity index (χ0n) is 42.4. The summed E-state index contributed by atoms with van der Waals surface area (Å²) in [6.45, 7) is 14.0. The van der Waals surface area contributed by atoms with Gasteiger partial charge >= 0.3 is 0 Å². The molecule has 0 aliphatic rings. The summed E-state index contributed by atoms with van der Waals surface area (Å²) >= 11 is 0. The summed E-state index contributed by atoms with van der Waals surface area (Å²) in [6.07, 6.45) is 0. The van der Waals surface area contributed by atoms with Gasteiger partial charge in [0.25, 0.3) is 0 Å². The first-order valence-corrected chi connectivity index (χ1v) is 26.0.